The lowest BCUT2D eigenvalue weighted by Crippen LogP contribution is -2.06. The van der Waals surface area contributed by atoms with E-state index in [0.29, 0.717) is 0 Å². The van der Waals surface area contributed by atoms with Gasteiger partial charge in [0.25, 0.3) is 0 Å². The number of aliphatic hydroxyl groups is 1. The molecule has 0 spiro atoms. The molecular formula is C14H10ClF3O. The average Bonchev–Trinajstić information content (AvgIpc) is 2.32. The second-order valence-corrected chi connectivity index (χ2v) is 4.56. The van der Waals surface area contributed by atoms with Crippen molar-refractivity contribution in [3.05, 3.63) is 70.0 Å². The Morgan fingerprint density at radius 2 is 1.74 bits per heavy atom. The fourth-order valence-electron chi connectivity index (χ4n) is 1.78. The summed E-state index contributed by atoms with van der Waals surface area (Å²) in [5.41, 5.74) is 0.136. The molecule has 2 aromatic carbocycles. The van der Waals surface area contributed by atoms with Gasteiger partial charge in [-0.2, -0.15) is 0 Å². The van der Waals surface area contributed by atoms with Crippen LogP contribution in [0.25, 0.3) is 0 Å². The lowest BCUT2D eigenvalue weighted by Gasteiger charge is -2.13. The quantitative estimate of drug-likeness (QED) is 0.903. The molecule has 2 rings (SSSR count). The lowest BCUT2D eigenvalue weighted by molar-refractivity contribution is 0.172. The first-order valence-electron chi connectivity index (χ1n) is 5.54. The third-order valence-electron chi connectivity index (χ3n) is 2.75. The zero-order valence-electron chi connectivity index (χ0n) is 9.71. The van der Waals surface area contributed by atoms with Gasteiger partial charge in [-0.05, 0) is 23.8 Å². The first-order valence-corrected chi connectivity index (χ1v) is 5.92. The van der Waals surface area contributed by atoms with Crippen molar-refractivity contribution in [1.29, 1.82) is 0 Å². The molecule has 0 saturated heterocycles. The van der Waals surface area contributed by atoms with Crippen LogP contribution >= 0.6 is 11.6 Å². The van der Waals surface area contributed by atoms with Crippen LogP contribution in [0.2, 0.25) is 5.02 Å². The van der Waals surface area contributed by atoms with Gasteiger partial charge in [0.1, 0.15) is 17.5 Å². The summed E-state index contributed by atoms with van der Waals surface area (Å²) >= 11 is 5.60. The van der Waals surface area contributed by atoms with E-state index in [0.717, 1.165) is 18.2 Å². The van der Waals surface area contributed by atoms with E-state index in [1.54, 1.807) is 0 Å². The summed E-state index contributed by atoms with van der Waals surface area (Å²) in [4.78, 5) is 0. The Bertz CT molecular complexity index is 601. The van der Waals surface area contributed by atoms with Crippen molar-refractivity contribution in [3.63, 3.8) is 0 Å². The number of aliphatic hydroxyl groups excluding tert-OH is 1. The topological polar surface area (TPSA) is 20.2 Å². The normalized spacial score (nSPS) is 12.5. The molecule has 0 aliphatic heterocycles. The highest BCUT2D eigenvalue weighted by atomic mass is 35.5. The van der Waals surface area contributed by atoms with Crippen LogP contribution in [0.4, 0.5) is 13.2 Å². The van der Waals surface area contributed by atoms with Gasteiger partial charge in [-0.3, -0.25) is 0 Å². The molecule has 1 nitrogen and oxygen atoms in total. The van der Waals surface area contributed by atoms with Gasteiger partial charge in [0.2, 0.25) is 0 Å². The molecule has 19 heavy (non-hydrogen) atoms. The molecule has 100 valence electrons. The van der Waals surface area contributed by atoms with Gasteiger partial charge in [-0.1, -0.05) is 23.7 Å². The van der Waals surface area contributed by atoms with Crippen molar-refractivity contribution >= 4 is 11.6 Å². The molecule has 1 unspecified atom stereocenters. The van der Waals surface area contributed by atoms with Gasteiger partial charge in [0, 0.05) is 23.1 Å². The Balaban J connectivity index is 2.23. The predicted octanol–water partition coefficient (Wildman–Crippen LogP) is 4.03. The number of halogens is 4. The molecule has 0 bridgehead atoms. The van der Waals surface area contributed by atoms with Crippen LogP contribution in [0.1, 0.15) is 17.2 Å². The lowest BCUT2D eigenvalue weighted by atomic mass is 10.0. The summed E-state index contributed by atoms with van der Waals surface area (Å²) < 4.78 is 39.7. The van der Waals surface area contributed by atoms with Gasteiger partial charge in [-0.15, -0.1) is 0 Å². The summed E-state index contributed by atoms with van der Waals surface area (Å²) in [5.74, 6) is -2.13. The van der Waals surface area contributed by atoms with Crippen molar-refractivity contribution in [3.8, 4) is 0 Å². The Hall–Kier alpha value is -1.52. The second kappa shape index (κ2) is 5.63. The van der Waals surface area contributed by atoms with Crippen molar-refractivity contribution in [2.45, 2.75) is 12.5 Å². The molecule has 0 aliphatic rings. The van der Waals surface area contributed by atoms with E-state index in [1.807, 2.05) is 0 Å². The Kier molecular flexibility index (Phi) is 4.12. The number of hydrogen-bond acceptors (Lipinski definition) is 1. The monoisotopic (exact) mass is 286 g/mol. The van der Waals surface area contributed by atoms with E-state index in [4.69, 9.17) is 11.6 Å². The van der Waals surface area contributed by atoms with Crippen LogP contribution in [0, 0.1) is 17.5 Å². The first kappa shape index (κ1) is 13.9. The maximum absolute atomic E-state index is 13.6. The summed E-state index contributed by atoms with van der Waals surface area (Å²) in [7, 11) is 0. The van der Waals surface area contributed by atoms with E-state index in [1.165, 1.54) is 18.2 Å². The molecule has 0 saturated carbocycles. The molecule has 1 atom stereocenters. The number of hydrogen-bond donors (Lipinski definition) is 1. The van der Waals surface area contributed by atoms with Crippen LogP contribution in [-0.2, 0) is 6.42 Å². The van der Waals surface area contributed by atoms with Gasteiger partial charge in [-0.25, -0.2) is 13.2 Å². The zero-order valence-corrected chi connectivity index (χ0v) is 10.5. The van der Waals surface area contributed by atoms with Crippen LogP contribution in [0.3, 0.4) is 0 Å². The minimum atomic E-state index is -1.22. The Morgan fingerprint density at radius 3 is 2.37 bits per heavy atom. The Labute approximate surface area is 113 Å². The summed E-state index contributed by atoms with van der Waals surface area (Å²) in [6, 6.07) is 6.88. The van der Waals surface area contributed by atoms with E-state index in [2.05, 4.69) is 0 Å². The van der Waals surface area contributed by atoms with E-state index < -0.39 is 23.6 Å². The van der Waals surface area contributed by atoms with Crippen LogP contribution in [-0.4, -0.2) is 5.11 Å². The van der Waals surface area contributed by atoms with Crippen LogP contribution in [0.5, 0.6) is 0 Å². The van der Waals surface area contributed by atoms with Crippen molar-refractivity contribution < 1.29 is 18.3 Å². The summed E-state index contributed by atoms with van der Waals surface area (Å²) in [5, 5.41) is 10.1. The molecule has 2 aromatic rings. The molecular weight excluding hydrogens is 277 g/mol. The van der Waals surface area contributed by atoms with Gasteiger partial charge in [0.15, 0.2) is 0 Å². The van der Waals surface area contributed by atoms with Crippen LogP contribution in [0.15, 0.2) is 36.4 Å². The molecule has 1 N–H and O–H groups in total. The maximum atomic E-state index is 13.6. The highest BCUT2D eigenvalue weighted by Crippen LogP contribution is 2.24. The smallest absolute Gasteiger partial charge is 0.130 e. The standard InChI is InChI=1S/C14H10ClF3O/c15-9-2-4-11(13(18)6-9)14(19)5-8-1-3-10(16)7-12(8)17/h1-4,6-7,14,19H,5H2. The predicted molar refractivity (Wildman–Crippen MR) is 66.4 cm³/mol. The van der Waals surface area contributed by atoms with Gasteiger partial charge in [0.05, 0.1) is 6.10 Å². The van der Waals surface area contributed by atoms with E-state index in [9.17, 15) is 18.3 Å². The van der Waals surface area contributed by atoms with Crippen LogP contribution < -0.4 is 0 Å². The third-order valence-corrected chi connectivity index (χ3v) is 2.98. The van der Waals surface area contributed by atoms with Crippen molar-refractivity contribution in [2.24, 2.45) is 0 Å². The second-order valence-electron chi connectivity index (χ2n) is 4.12. The summed E-state index contributed by atoms with van der Waals surface area (Å²) in [6.07, 6.45) is -1.37. The SMILES string of the molecule is OC(Cc1ccc(F)cc1F)c1ccc(Cl)cc1F. The highest BCUT2D eigenvalue weighted by Gasteiger charge is 2.16. The molecule has 0 heterocycles. The molecule has 0 radical (unpaired) electrons. The fraction of sp³-hybridized carbons (Fsp3) is 0.143. The first-order chi connectivity index (χ1) is 8.97. The summed E-state index contributed by atoms with van der Waals surface area (Å²) in [6.45, 7) is 0. The zero-order chi connectivity index (χ0) is 14.0. The van der Waals surface area contributed by atoms with Gasteiger partial charge >= 0.3 is 0 Å². The van der Waals surface area contributed by atoms with E-state index in [-0.39, 0.29) is 22.6 Å². The molecule has 5 heteroatoms. The van der Waals surface area contributed by atoms with E-state index >= 15 is 0 Å². The number of rotatable bonds is 3. The molecule has 0 aliphatic carbocycles. The molecule has 0 amide bonds. The highest BCUT2D eigenvalue weighted by molar-refractivity contribution is 6.30. The Morgan fingerprint density at radius 1 is 1.00 bits per heavy atom. The minimum Gasteiger partial charge on any atom is -0.388 e. The average molecular weight is 287 g/mol. The van der Waals surface area contributed by atoms with Crippen molar-refractivity contribution in [1.82, 2.24) is 0 Å². The fourth-order valence-corrected chi connectivity index (χ4v) is 1.94. The van der Waals surface area contributed by atoms with Crippen molar-refractivity contribution in [2.75, 3.05) is 0 Å². The van der Waals surface area contributed by atoms with Gasteiger partial charge < -0.3 is 5.11 Å². The minimum absolute atomic E-state index is 0.0214. The maximum Gasteiger partial charge on any atom is 0.130 e. The largest absolute Gasteiger partial charge is 0.388 e. The third kappa shape index (κ3) is 3.28. The molecule has 0 fully saturated rings. The number of benzene rings is 2. The molecule has 0 aromatic heterocycles.